The predicted octanol–water partition coefficient (Wildman–Crippen LogP) is 4.54. The third kappa shape index (κ3) is 6.72. The highest BCUT2D eigenvalue weighted by Gasteiger charge is 2.21. The van der Waals surface area contributed by atoms with Crippen LogP contribution in [0.3, 0.4) is 0 Å². The van der Waals surface area contributed by atoms with Crippen molar-refractivity contribution >= 4 is 39.9 Å². The average Bonchev–Trinajstić information content (AvgIpc) is 3.29. The number of urea groups is 1. The standard InChI is InChI=1S/C27H33N7O2S/c1-5-25(35)31-22-9-7-8-21(19(22)4)23-14-20(15-24(30-23)32-26-29-16-18(3)37-26)17-33-10-12-34(13-11-33)27(36)28-6-2/h5,7-9,14-16H,1,6,10-13,17H2,2-4H3,(H,28,36)(H,31,35)(H,29,30,32). The molecule has 1 aliphatic rings. The van der Waals surface area contributed by atoms with Crippen LogP contribution in [-0.4, -0.2) is 64.4 Å². The second kappa shape index (κ2) is 12.0. The van der Waals surface area contributed by atoms with Crippen LogP contribution in [0.25, 0.3) is 11.3 Å². The zero-order valence-electron chi connectivity index (χ0n) is 21.5. The van der Waals surface area contributed by atoms with Crippen LogP contribution in [0.1, 0.15) is 22.9 Å². The maximum absolute atomic E-state index is 12.2. The largest absolute Gasteiger partial charge is 0.338 e. The normalized spacial score (nSPS) is 13.8. The fourth-order valence-corrected chi connectivity index (χ4v) is 4.94. The van der Waals surface area contributed by atoms with E-state index in [1.54, 1.807) is 11.3 Å². The molecule has 3 aromatic rings. The van der Waals surface area contributed by atoms with Crippen molar-refractivity contribution in [2.45, 2.75) is 27.3 Å². The second-order valence-electron chi connectivity index (χ2n) is 8.92. The lowest BCUT2D eigenvalue weighted by molar-refractivity contribution is -0.111. The lowest BCUT2D eigenvalue weighted by Gasteiger charge is -2.34. The fourth-order valence-electron chi connectivity index (χ4n) is 4.27. The van der Waals surface area contributed by atoms with Gasteiger partial charge in [-0.2, -0.15) is 0 Å². The number of thiazole rings is 1. The summed E-state index contributed by atoms with van der Waals surface area (Å²) in [6.45, 7) is 13.8. The van der Waals surface area contributed by atoms with Gasteiger partial charge in [-0.25, -0.2) is 14.8 Å². The van der Waals surface area contributed by atoms with E-state index < -0.39 is 0 Å². The molecule has 1 saturated heterocycles. The van der Waals surface area contributed by atoms with Crippen molar-refractivity contribution in [2.24, 2.45) is 0 Å². The van der Waals surface area contributed by atoms with Crippen LogP contribution >= 0.6 is 11.3 Å². The first-order chi connectivity index (χ1) is 17.9. The number of anilines is 3. The van der Waals surface area contributed by atoms with Gasteiger partial charge >= 0.3 is 6.03 Å². The first kappa shape index (κ1) is 26.3. The number of piperazine rings is 1. The third-order valence-electron chi connectivity index (χ3n) is 6.19. The number of hydrogen-bond donors (Lipinski definition) is 3. The molecule has 9 nitrogen and oxygen atoms in total. The van der Waals surface area contributed by atoms with Crippen LogP contribution in [0, 0.1) is 13.8 Å². The summed E-state index contributed by atoms with van der Waals surface area (Å²) < 4.78 is 0. The number of aryl methyl sites for hydroxylation is 1. The first-order valence-corrected chi connectivity index (χ1v) is 13.2. The van der Waals surface area contributed by atoms with Crippen molar-refractivity contribution in [2.75, 3.05) is 43.4 Å². The van der Waals surface area contributed by atoms with Gasteiger partial charge in [-0.15, -0.1) is 11.3 Å². The SMILES string of the molecule is C=CC(=O)Nc1cccc(-c2cc(CN3CCN(C(=O)NCC)CC3)cc(Nc3ncc(C)s3)n2)c1C. The van der Waals surface area contributed by atoms with E-state index in [0.717, 1.165) is 57.7 Å². The molecule has 3 amide bonds. The minimum Gasteiger partial charge on any atom is -0.338 e. The van der Waals surface area contributed by atoms with Crippen LogP contribution in [0.2, 0.25) is 0 Å². The van der Waals surface area contributed by atoms with Gasteiger partial charge in [0.05, 0.1) is 5.69 Å². The molecule has 0 spiro atoms. The number of amides is 3. The summed E-state index contributed by atoms with van der Waals surface area (Å²) >= 11 is 1.57. The minimum atomic E-state index is -0.254. The number of pyridine rings is 1. The molecule has 1 fully saturated rings. The van der Waals surface area contributed by atoms with E-state index in [4.69, 9.17) is 4.98 Å². The van der Waals surface area contributed by atoms with Crippen molar-refractivity contribution in [3.63, 3.8) is 0 Å². The van der Waals surface area contributed by atoms with Crippen molar-refractivity contribution in [3.8, 4) is 11.3 Å². The molecule has 0 unspecified atom stereocenters. The molecule has 1 aromatic carbocycles. The Bertz CT molecular complexity index is 1280. The average molecular weight is 520 g/mol. The maximum Gasteiger partial charge on any atom is 0.317 e. The highest BCUT2D eigenvalue weighted by atomic mass is 32.1. The van der Waals surface area contributed by atoms with E-state index in [1.165, 1.54) is 6.08 Å². The Morgan fingerprint density at radius 1 is 1.16 bits per heavy atom. The van der Waals surface area contributed by atoms with Gasteiger partial charge in [-0.3, -0.25) is 9.69 Å². The zero-order chi connectivity index (χ0) is 26.4. The summed E-state index contributed by atoms with van der Waals surface area (Å²) in [5.41, 5.74) is 4.49. The van der Waals surface area contributed by atoms with E-state index in [-0.39, 0.29) is 11.9 Å². The molecular formula is C27H33N7O2S. The van der Waals surface area contributed by atoms with Crippen LogP contribution in [0.15, 0.2) is 49.2 Å². The number of nitrogens with one attached hydrogen (secondary N) is 3. The number of hydrogen-bond acceptors (Lipinski definition) is 7. The first-order valence-electron chi connectivity index (χ1n) is 12.3. The quantitative estimate of drug-likeness (QED) is 0.378. The molecule has 4 rings (SSSR count). The highest BCUT2D eigenvalue weighted by Crippen LogP contribution is 2.31. The number of aromatic nitrogens is 2. The van der Waals surface area contributed by atoms with Gasteiger partial charge in [0.2, 0.25) is 5.91 Å². The molecule has 3 heterocycles. The van der Waals surface area contributed by atoms with Crippen molar-refractivity contribution < 1.29 is 9.59 Å². The summed E-state index contributed by atoms with van der Waals surface area (Å²) in [7, 11) is 0. The monoisotopic (exact) mass is 519 g/mol. The molecule has 37 heavy (non-hydrogen) atoms. The number of nitrogens with zero attached hydrogens (tertiary/aromatic N) is 4. The Morgan fingerprint density at radius 2 is 1.95 bits per heavy atom. The summed E-state index contributed by atoms with van der Waals surface area (Å²) in [5.74, 6) is 0.456. The van der Waals surface area contributed by atoms with Crippen LogP contribution in [0.5, 0.6) is 0 Å². The summed E-state index contributed by atoms with van der Waals surface area (Å²) in [5, 5.41) is 9.90. The molecule has 0 atom stereocenters. The van der Waals surface area contributed by atoms with Gasteiger partial charge in [-0.1, -0.05) is 18.7 Å². The maximum atomic E-state index is 12.2. The third-order valence-corrected chi connectivity index (χ3v) is 7.02. The number of rotatable bonds is 8. The Balaban J connectivity index is 1.61. The molecule has 194 valence electrons. The smallest absolute Gasteiger partial charge is 0.317 e. The van der Waals surface area contributed by atoms with Gasteiger partial charge in [-0.05, 0) is 56.2 Å². The van der Waals surface area contributed by atoms with Crippen molar-refractivity contribution in [3.05, 3.63) is 65.2 Å². The molecule has 0 bridgehead atoms. The van der Waals surface area contributed by atoms with E-state index in [2.05, 4.69) is 44.5 Å². The molecule has 0 radical (unpaired) electrons. The van der Waals surface area contributed by atoms with Gasteiger partial charge in [0.25, 0.3) is 0 Å². The zero-order valence-corrected chi connectivity index (χ0v) is 22.3. The topological polar surface area (TPSA) is 102 Å². The predicted molar refractivity (Wildman–Crippen MR) is 149 cm³/mol. The Kier molecular flexibility index (Phi) is 8.52. The molecule has 10 heteroatoms. The van der Waals surface area contributed by atoms with Crippen LogP contribution in [0.4, 0.5) is 21.4 Å². The van der Waals surface area contributed by atoms with Crippen molar-refractivity contribution in [1.29, 1.82) is 0 Å². The second-order valence-corrected chi connectivity index (χ2v) is 10.2. The van der Waals surface area contributed by atoms with Crippen LogP contribution < -0.4 is 16.0 Å². The molecule has 1 aliphatic heterocycles. The van der Waals surface area contributed by atoms with E-state index in [0.29, 0.717) is 25.5 Å². The molecule has 3 N–H and O–H groups in total. The molecule has 0 aliphatic carbocycles. The molecule has 2 aromatic heterocycles. The highest BCUT2D eigenvalue weighted by molar-refractivity contribution is 7.15. The van der Waals surface area contributed by atoms with E-state index in [1.807, 2.05) is 50.1 Å². The number of benzene rings is 1. The lowest BCUT2D eigenvalue weighted by Crippen LogP contribution is -2.51. The van der Waals surface area contributed by atoms with Gasteiger partial charge < -0.3 is 20.9 Å². The summed E-state index contributed by atoms with van der Waals surface area (Å²) in [6.07, 6.45) is 3.09. The van der Waals surface area contributed by atoms with Gasteiger partial charge in [0, 0.05) is 61.6 Å². The minimum absolute atomic E-state index is 0.00234. The number of carbonyl (C=O) groups is 2. The van der Waals surface area contributed by atoms with Crippen LogP contribution in [-0.2, 0) is 11.3 Å². The Hall–Kier alpha value is -3.76. The Morgan fingerprint density at radius 3 is 2.62 bits per heavy atom. The summed E-state index contributed by atoms with van der Waals surface area (Å²) in [4.78, 5) is 38.8. The Labute approximate surface area is 221 Å². The lowest BCUT2D eigenvalue weighted by atomic mass is 10.0. The molecular weight excluding hydrogens is 486 g/mol. The van der Waals surface area contributed by atoms with Crippen molar-refractivity contribution in [1.82, 2.24) is 25.1 Å². The van der Waals surface area contributed by atoms with E-state index >= 15 is 0 Å². The van der Waals surface area contributed by atoms with E-state index in [9.17, 15) is 9.59 Å². The van der Waals surface area contributed by atoms with Gasteiger partial charge in [0.1, 0.15) is 5.82 Å². The fraction of sp³-hybridized carbons (Fsp3) is 0.333. The van der Waals surface area contributed by atoms with Gasteiger partial charge in [0.15, 0.2) is 5.13 Å². The molecule has 0 saturated carbocycles. The number of carbonyl (C=O) groups excluding carboxylic acids is 2. The summed E-state index contributed by atoms with van der Waals surface area (Å²) in [6, 6.07) is 9.93.